The SMILES string of the molecule is CCCCCCCO[C@H]1O[C@H](C(CN2CCCC2)OC(=O)Nc2ccc(Cl)cc2)[C@@H]2OC(C)(C)O[C@H]12.Cl. The van der Waals surface area contributed by atoms with Crippen LogP contribution in [0, 0.1) is 0 Å². The molecule has 10 heteroatoms. The maximum atomic E-state index is 12.9. The third kappa shape index (κ3) is 8.68. The molecular weight excluding hydrogens is 519 g/mol. The third-order valence-corrected chi connectivity index (χ3v) is 7.18. The number of nitrogens with one attached hydrogen (secondary N) is 1. The Bertz CT molecular complexity index is 837. The minimum atomic E-state index is -0.760. The first-order valence-electron chi connectivity index (χ1n) is 13.4. The fourth-order valence-electron chi connectivity index (χ4n) is 5.18. The van der Waals surface area contributed by atoms with E-state index in [4.69, 9.17) is 35.3 Å². The van der Waals surface area contributed by atoms with Crippen LogP contribution in [0.4, 0.5) is 10.5 Å². The summed E-state index contributed by atoms with van der Waals surface area (Å²) in [6.45, 7) is 9.11. The van der Waals surface area contributed by atoms with Gasteiger partial charge in [-0.2, -0.15) is 0 Å². The van der Waals surface area contributed by atoms with E-state index in [2.05, 4.69) is 17.1 Å². The number of carbonyl (C=O) groups is 1. The number of hydrogen-bond acceptors (Lipinski definition) is 7. The van der Waals surface area contributed by atoms with Gasteiger partial charge in [-0.15, -0.1) is 12.4 Å². The Hall–Kier alpha value is -1.13. The summed E-state index contributed by atoms with van der Waals surface area (Å²) in [4.78, 5) is 15.2. The van der Waals surface area contributed by atoms with Crippen molar-refractivity contribution in [3.05, 3.63) is 29.3 Å². The lowest BCUT2D eigenvalue weighted by molar-refractivity contribution is -0.243. The second-order valence-corrected chi connectivity index (χ2v) is 10.8. The van der Waals surface area contributed by atoms with Crippen LogP contribution in [0.5, 0.6) is 0 Å². The standard InChI is InChI=1S/C27H41ClN2O6.ClH/c1-4-5-6-7-10-17-32-25-24-23(35-27(2,3)36-24)22(34-25)21(18-30-15-8-9-16-30)33-26(31)29-20-13-11-19(28)12-14-20;/h11-14,21-25H,4-10,15-18H2,1-3H3,(H,29,31);1H/t21?,22-,23+,24+,25+;/m1./s1. The second-order valence-electron chi connectivity index (χ2n) is 10.4. The van der Waals surface area contributed by atoms with Crippen LogP contribution >= 0.6 is 24.0 Å². The van der Waals surface area contributed by atoms with Crippen molar-refractivity contribution in [3.63, 3.8) is 0 Å². The van der Waals surface area contributed by atoms with Gasteiger partial charge in [-0.05, 0) is 70.5 Å². The van der Waals surface area contributed by atoms with Gasteiger partial charge in [0.25, 0.3) is 0 Å². The summed E-state index contributed by atoms with van der Waals surface area (Å²) in [6.07, 6.45) is 5.14. The zero-order valence-corrected chi connectivity index (χ0v) is 23.7. The van der Waals surface area contributed by atoms with Crippen LogP contribution in [0.15, 0.2) is 24.3 Å². The molecule has 3 aliphatic rings. The summed E-state index contributed by atoms with van der Waals surface area (Å²) in [7, 11) is 0. The first-order valence-corrected chi connectivity index (χ1v) is 13.8. The molecule has 1 aromatic rings. The largest absolute Gasteiger partial charge is 0.442 e. The third-order valence-electron chi connectivity index (χ3n) is 6.93. The van der Waals surface area contributed by atoms with E-state index in [1.54, 1.807) is 24.3 Å². The maximum Gasteiger partial charge on any atom is 0.412 e. The molecule has 1 unspecified atom stereocenters. The monoisotopic (exact) mass is 560 g/mol. The number of carbonyl (C=O) groups excluding carboxylic acids is 1. The number of likely N-dealkylation sites (tertiary alicyclic amines) is 1. The van der Waals surface area contributed by atoms with Crippen molar-refractivity contribution < 1.29 is 28.5 Å². The highest BCUT2D eigenvalue weighted by molar-refractivity contribution is 6.30. The van der Waals surface area contributed by atoms with E-state index < -0.39 is 30.4 Å². The molecule has 210 valence electrons. The van der Waals surface area contributed by atoms with Crippen molar-refractivity contribution in [3.8, 4) is 0 Å². The van der Waals surface area contributed by atoms with Gasteiger partial charge in [0.1, 0.15) is 24.4 Å². The predicted molar refractivity (Wildman–Crippen MR) is 145 cm³/mol. The number of halogens is 2. The molecule has 0 aliphatic carbocycles. The lowest BCUT2D eigenvalue weighted by Gasteiger charge is -2.31. The lowest BCUT2D eigenvalue weighted by Crippen LogP contribution is -2.47. The van der Waals surface area contributed by atoms with E-state index in [-0.39, 0.29) is 24.6 Å². The molecule has 0 radical (unpaired) electrons. The van der Waals surface area contributed by atoms with Crippen molar-refractivity contribution in [2.45, 2.75) is 102 Å². The van der Waals surface area contributed by atoms with Crippen molar-refractivity contribution in [1.82, 2.24) is 4.90 Å². The van der Waals surface area contributed by atoms with Crippen LogP contribution in [-0.2, 0) is 23.7 Å². The van der Waals surface area contributed by atoms with Gasteiger partial charge >= 0.3 is 6.09 Å². The fraction of sp³-hybridized carbons (Fsp3) is 0.741. The van der Waals surface area contributed by atoms with E-state index in [0.717, 1.165) is 38.8 Å². The Kier molecular flexibility index (Phi) is 11.8. The highest BCUT2D eigenvalue weighted by Gasteiger charge is 2.58. The molecule has 1 amide bonds. The van der Waals surface area contributed by atoms with Gasteiger partial charge in [-0.1, -0.05) is 44.2 Å². The van der Waals surface area contributed by atoms with E-state index in [9.17, 15) is 4.79 Å². The Morgan fingerprint density at radius 1 is 1.11 bits per heavy atom. The molecule has 3 fully saturated rings. The van der Waals surface area contributed by atoms with Crippen LogP contribution in [0.2, 0.25) is 5.02 Å². The number of rotatable bonds is 12. The highest BCUT2D eigenvalue weighted by Crippen LogP contribution is 2.41. The number of hydrogen-bond donors (Lipinski definition) is 1. The minimum Gasteiger partial charge on any atom is -0.442 e. The van der Waals surface area contributed by atoms with Crippen LogP contribution < -0.4 is 5.32 Å². The second kappa shape index (κ2) is 14.3. The summed E-state index contributed by atoms with van der Waals surface area (Å²) >= 11 is 5.97. The first kappa shape index (κ1) is 30.4. The van der Waals surface area contributed by atoms with Gasteiger partial charge in [0.05, 0.1) is 0 Å². The molecular formula is C27H42Cl2N2O6. The van der Waals surface area contributed by atoms with E-state index in [1.807, 2.05) is 13.8 Å². The molecule has 1 aromatic carbocycles. The Morgan fingerprint density at radius 2 is 1.78 bits per heavy atom. The molecule has 3 heterocycles. The van der Waals surface area contributed by atoms with Crippen LogP contribution in [0.1, 0.15) is 65.7 Å². The molecule has 1 N–H and O–H groups in total. The van der Waals surface area contributed by atoms with Gasteiger partial charge in [0.15, 0.2) is 12.1 Å². The molecule has 4 rings (SSSR count). The summed E-state index contributed by atoms with van der Waals surface area (Å²) in [5.41, 5.74) is 0.611. The molecule has 8 nitrogen and oxygen atoms in total. The molecule has 0 aromatic heterocycles. The number of fused-ring (bicyclic) bond motifs is 1. The van der Waals surface area contributed by atoms with E-state index >= 15 is 0 Å². The number of amides is 1. The Balaban J connectivity index is 0.00000380. The number of unbranched alkanes of at least 4 members (excludes halogenated alkanes) is 4. The van der Waals surface area contributed by atoms with Crippen molar-refractivity contribution >= 4 is 35.8 Å². The van der Waals surface area contributed by atoms with Crippen LogP contribution in [0.3, 0.4) is 0 Å². The van der Waals surface area contributed by atoms with E-state index in [0.29, 0.717) is 23.9 Å². The lowest BCUT2D eigenvalue weighted by atomic mass is 10.1. The summed E-state index contributed by atoms with van der Waals surface area (Å²) in [5, 5.41) is 3.40. The molecule has 0 saturated carbocycles. The van der Waals surface area contributed by atoms with Gasteiger partial charge in [-0.3, -0.25) is 10.2 Å². The van der Waals surface area contributed by atoms with Crippen molar-refractivity contribution in [1.29, 1.82) is 0 Å². The average Bonchev–Trinajstić information content (AvgIpc) is 3.53. The topological polar surface area (TPSA) is 78.5 Å². The molecule has 3 aliphatic heterocycles. The number of ether oxygens (including phenoxy) is 5. The number of nitrogens with zero attached hydrogens (tertiary/aromatic N) is 1. The first-order chi connectivity index (χ1) is 17.3. The predicted octanol–water partition coefficient (Wildman–Crippen LogP) is 6.01. The zero-order chi connectivity index (χ0) is 25.5. The zero-order valence-electron chi connectivity index (χ0n) is 22.2. The van der Waals surface area contributed by atoms with Gasteiger partial charge in [0, 0.05) is 23.9 Å². The molecule has 3 saturated heterocycles. The molecule has 37 heavy (non-hydrogen) atoms. The van der Waals surface area contributed by atoms with Gasteiger partial charge in [0.2, 0.25) is 0 Å². The number of anilines is 1. The fourth-order valence-corrected chi connectivity index (χ4v) is 5.30. The molecule has 0 spiro atoms. The Labute approximate surface area is 232 Å². The summed E-state index contributed by atoms with van der Waals surface area (Å²) in [5.74, 6) is -0.760. The van der Waals surface area contributed by atoms with Gasteiger partial charge in [-0.25, -0.2) is 4.79 Å². The normalized spacial score (nSPS) is 27.5. The maximum absolute atomic E-state index is 12.9. The summed E-state index contributed by atoms with van der Waals surface area (Å²) < 4.78 is 30.9. The summed E-state index contributed by atoms with van der Waals surface area (Å²) in [6, 6.07) is 6.92. The number of benzene rings is 1. The minimum absolute atomic E-state index is 0. The smallest absolute Gasteiger partial charge is 0.412 e. The quantitative estimate of drug-likeness (QED) is 0.314. The van der Waals surface area contributed by atoms with E-state index in [1.165, 1.54) is 19.3 Å². The van der Waals surface area contributed by atoms with Crippen molar-refractivity contribution in [2.24, 2.45) is 0 Å². The highest BCUT2D eigenvalue weighted by atomic mass is 35.5. The van der Waals surface area contributed by atoms with Crippen LogP contribution in [0.25, 0.3) is 0 Å². The Morgan fingerprint density at radius 3 is 2.49 bits per heavy atom. The van der Waals surface area contributed by atoms with Crippen LogP contribution in [-0.4, -0.2) is 73.7 Å². The average molecular weight is 562 g/mol. The molecule has 5 atom stereocenters. The van der Waals surface area contributed by atoms with Crippen molar-refractivity contribution in [2.75, 3.05) is 31.6 Å². The van der Waals surface area contributed by atoms with Gasteiger partial charge < -0.3 is 23.7 Å². The molecule has 0 bridgehead atoms.